The second-order valence-corrected chi connectivity index (χ2v) is 7.40. The third kappa shape index (κ3) is 5.96. The molecule has 2 aromatic rings. The molecule has 0 radical (unpaired) electrons. The molecule has 0 bridgehead atoms. The van der Waals surface area contributed by atoms with E-state index in [1.807, 2.05) is 12.1 Å². The monoisotopic (exact) mass is 428 g/mol. The van der Waals surface area contributed by atoms with Crippen molar-refractivity contribution in [2.24, 2.45) is 0 Å². The number of hydrogen-bond acceptors (Lipinski definition) is 3. The molecule has 0 unspecified atom stereocenters. The topological polar surface area (TPSA) is 78.1 Å². The molecule has 0 saturated carbocycles. The first-order valence-electron chi connectivity index (χ1n) is 9.14. The van der Waals surface area contributed by atoms with E-state index in [0.29, 0.717) is 43.1 Å². The molecule has 1 fully saturated rings. The standard InChI is InChI=1S/C19H20ClF3N4O2/c20-14-3-1-12(2-4-14)9-17(28)27-7-5-13(6-8-27)15-10-16(26-25-15)18(29)24-11-19(21,22)23/h1-4,10,13H,5-9,11H2,(H,24,29)(H,25,26). The fourth-order valence-electron chi connectivity index (χ4n) is 3.26. The summed E-state index contributed by atoms with van der Waals surface area (Å²) >= 11 is 5.85. The first-order chi connectivity index (χ1) is 13.7. The van der Waals surface area contributed by atoms with E-state index in [2.05, 4.69) is 10.2 Å². The molecule has 156 valence electrons. The number of aromatic amines is 1. The molecule has 2 heterocycles. The predicted molar refractivity (Wildman–Crippen MR) is 101 cm³/mol. The highest BCUT2D eigenvalue weighted by Gasteiger charge is 2.29. The first-order valence-corrected chi connectivity index (χ1v) is 9.51. The van der Waals surface area contributed by atoms with Crippen molar-refractivity contribution in [1.29, 1.82) is 0 Å². The van der Waals surface area contributed by atoms with Gasteiger partial charge in [-0.15, -0.1) is 0 Å². The van der Waals surface area contributed by atoms with Crippen molar-refractivity contribution in [3.8, 4) is 0 Å². The van der Waals surface area contributed by atoms with E-state index >= 15 is 0 Å². The lowest BCUT2D eigenvalue weighted by molar-refractivity contribution is -0.131. The third-order valence-electron chi connectivity index (χ3n) is 4.84. The van der Waals surface area contributed by atoms with Crippen LogP contribution in [0.5, 0.6) is 0 Å². The van der Waals surface area contributed by atoms with Crippen molar-refractivity contribution in [2.45, 2.75) is 31.4 Å². The minimum Gasteiger partial charge on any atom is -0.342 e. The van der Waals surface area contributed by atoms with Crippen molar-refractivity contribution >= 4 is 23.4 Å². The van der Waals surface area contributed by atoms with Gasteiger partial charge in [0.15, 0.2) is 0 Å². The van der Waals surface area contributed by atoms with Gasteiger partial charge in [-0.05, 0) is 36.6 Å². The summed E-state index contributed by atoms with van der Waals surface area (Å²) in [5.74, 6) is -0.783. The molecule has 1 saturated heterocycles. The van der Waals surface area contributed by atoms with Crippen LogP contribution in [0.2, 0.25) is 5.02 Å². The maximum Gasteiger partial charge on any atom is 0.405 e. The summed E-state index contributed by atoms with van der Waals surface area (Å²) < 4.78 is 36.6. The molecule has 2 amide bonds. The lowest BCUT2D eigenvalue weighted by Crippen LogP contribution is -2.38. The minimum atomic E-state index is -4.47. The molecular weight excluding hydrogens is 409 g/mol. The number of amides is 2. The van der Waals surface area contributed by atoms with Crippen LogP contribution in [0.4, 0.5) is 13.2 Å². The quantitative estimate of drug-likeness (QED) is 0.767. The number of nitrogens with one attached hydrogen (secondary N) is 2. The zero-order valence-corrected chi connectivity index (χ0v) is 16.2. The average molecular weight is 429 g/mol. The molecule has 0 atom stereocenters. The van der Waals surface area contributed by atoms with E-state index < -0.39 is 18.6 Å². The summed E-state index contributed by atoms with van der Waals surface area (Å²) in [6.45, 7) is -0.278. The first kappa shape index (κ1) is 21.2. The van der Waals surface area contributed by atoms with Crippen molar-refractivity contribution in [3.05, 3.63) is 52.3 Å². The van der Waals surface area contributed by atoms with Crippen LogP contribution in [0.3, 0.4) is 0 Å². The Morgan fingerprint density at radius 1 is 1.21 bits per heavy atom. The van der Waals surface area contributed by atoms with Crippen molar-refractivity contribution in [3.63, 3.8) is 0 Å². The van der Waals surface area contributed by atoms with Crippen molar-refractivity contribution in [1.82, 2.24) is 20.4 Å². The van der Waals surface area contributed by atoms with E-state index in [9.17, 15) is 22.8 Å². The van der Waals surface area contributed by atoms with Crippen LogP contribution in [-0.2, 0) is 11.2 Å². The highest BCUT2D eigenvalue weighted by atomic mass is 35.5. The fourth-order valence-corrected chi connectivity index (χ4v) is 3.39. The predicted octanol–water partition coefficient (Wildman–Crippen LogP) is 3.30. The number of halogens is 4. The highest BCUT2D eigenvalue weighted by molar-refractivity contribution is 6.30. The number of rotatable bonds is 5. The molecule has 0 spiro atoms. The van der Waals surface area contributed by atoms with Gasteiger partial charge in [0, 0.05) is 29.7 Å². The number of hydrogen-bond donors (Lipinski definition) is 2. The number of carbonyl (C=O) groups excluding carboxylic acids is 2. The van der Waals surface area contributed by atoms with Gasteiger partial charge in [-0.2, -0.15) is 18.3 Å². The normalized spacial score (nSPS) is 15.4. The molecule has 10 heteroatoms. The maximum atomic E-state index is 12.5. The van der Waals surface area contributed by atoms with Gasteiger partial charge in [0.2, 0.25) is 5.91 Å². The highest BCUT2D eigenvalue weighted by Crippen LogP contribution is 2.27. The Kier molecular flexibility index (Phi) is 6.46. The summed E-state index contributed by atoms with van der Waals surface area (Å²) in [4.78, 5) is 26.0. The van der Waals surface area contributed by atoms with Crippen LogP contribution in [0, 0.1) is 0 Å². The zero-order valence-electron chi connectivity index (χ0n) is 15.4. The number of alkyl halides is 3. The number of nitrogens with zero attached hydrogens (tertiary/aromatic N) is 2. The molecule has 1 aromatic carbocycles. The Balaban J connectivity index is 1.50. The Morgan fingerprint density at radius 3 is 2.48 bits per heavy atom. The molecule has 29 heavy (non-hydrogen) atoms. The van der Waals surface area contributed by atoms with Gasteiger partial charge in [-0.25, -0.2) is 0 Å². The van der Waals surface area contributed by atoms with E-state index in [4.69, 9.17) is 11.6 Å². The van der Waals surface area contributed by atoms with Gasteiger partial charge in [0.25, 0.3) is 5.91 Å². The van der Waals surface area contributed by atoms with Crippen LogP contribution in [-0.4, -0.2) is 52.7 Å². The largest absolute Gasteiger partial charge is 0.405 e. The number of likely N-dealkylation sites (tertiary alicyclic amines) is 1. The Bertz CT molecular complexity index is 859. The van der Waals surface area contributed by atoms with Gasteiger partial charge in [0.05, 0.1) is 6.42 Å². The van der Waals surface area contributed by atoms with Gasteiger partial charge in [-0.1, -0.05) is 23.7 Å². The molecule has 6 nitrogen and oxygen atoms in total. The SMILES string of the molecule is O=C(NCC(F)(F)F)c1cc(C2CCN(C(=O)Cc3ccc(Cl)cc3)CC2)[nH]n1. The van der Waals surface area contributed by atoms with E-state index in [1.54, 1.807) is 22.3 Å². The number of carbonyl (C=O) groups is 2. The lowest BCUT2D eigenvalue weighted by Gasteiger charge is -2.31. The third-order valence-corrected chi connectivity index (χ3v) is 5.09. The van der Waals surface area contributed by atoms with Crippen LogP contribution < -0.4 is 5.32 Å². The number of benzene rings is 1. The number of aromatic nitrogens is 2. The van der Waals surface area contributed by atoms with Gasteiger partial charge >= 0.3 is 6.18 Å². The molecule has 3 rings (SSSR count). The van der Waals surface area contributed by atoms with Crippen molar-refractivity contribution < 1.29 is 22.8 Å². The van der Waals surface area contributed by atoms with Crippen molar-refractivity contribution in [2.75, 3.05) is 19.6 Å². The summed E-state index contributed by atoms with van der Waals surface area (Å²) in [6.07, 6.45) is -2.81. The Morgan fingerprint density at radius 2 is 1.86 bits per heavy atom. The number of piperidine rings is 1. The minimum absolute atomic E-state index is 0.0302. The summed E-state index contributed by atoms with van der Waals surface area (Å²) in [6, 6.07) is 8.61. The van der Waals surface area contributed by atoms with Crippen LogP contribution in [0.1, 0.15) is 40.5 Å². The average Bonchev–Trinajstić information content (AvgIpc) is 3.18. The summed E-state index contributed by atoms with van der Waals surface area (Å²) in [5.41, 5.74) is 1.50. The molecule has 2 N–H and O–H groups in total. The molecule has 1 aromatic heterocycles. The Hall–Kier alpha value is -2.55. The van der Waals surface area contributed by atoms with Gasteiger partial charge < -0.3 is 10.2 Å². The molecule has 1 aliphatic rings. The second-order valence-electron chi connectivity index (χ2n) is 6.96. The molecular formula is C19H20ClF3N4O2. The summed E-state index contributed by atoms with van der Waals surface area (Å²) in [7, 11) is 0. The van der Waals surface area contributed by atoms with E-state index in [0.717, 1.165) is 5.56 Å². The zero-order chi connectivity index (χ0) is 21.0. The van der Waals surface area contributed by atoms with E-state index in [-0.39, 0.29) is 17.5 Å². The fraction of sp³-hybridized carbons (Fsp3) is 0.421. The number of H-pyrrole nitrogens is 1. The van der Waals surface area contributed by atoms with Crippen LogP contribution in [0.25, 0.3) is 0 Å². The Labute approximate surface area is 170 Å². The summed E-state index contributed by atoms with van der Waals surface area (Å²) in [5, 5.41) is 8.96. The molecule has 0 aliphatic carbocycles. The van der Waals surface area contributed by atoms with Gasteiger partial charge in [0.1, 0.15) is 12.2 Å². The molecule has 1 aliphatic heterocycles. The van der Waals surface area contributed by atoms with Crippen LogP contribution in [0.15, 0.2) is 30.3 Å². The smallest absolute Gasteiger partial charge is 0.342 e. The van der Waals surface area contributed by atoms with E-state index in [1.165, 1.54) is 6.07 Å². The van der Waals surface area contributed by atoms with Crippen LogP contribution >= 0.6 is 11.6 Å². The lowest BCUT2D eigenvalue weighted by atomic mass is 9.93. The van der Waals surface area contributed by atoms with Gasteiger partial charge in [-0.3, -0.25) is 14.7 Å². The maximum absolute atomic E-state index is 12.5. The second kappa shape index (κ2) is 8.86.